The van der Waals surface area contributed by atoms with Crippen LogP contribution in [-0.4, -0.2) is 25.8 Å². The van der Waals surface area contributed by atoms with Crippen LogP contribution in [0.25, 0.3) is 0 Å². The normalized spacial score (nSPS) is 11.1. The van der Waals surface area contributed by atoms with Gasteiger partial charge in [-0.2, -0.15) is 0 Å². The fourth-order valence-corrected chi connectivity index (χ4v) is 4.17. The molecule has 0 aromatic heterocycles. The van der Waals surface area contributed by atoms with Gasteiger partial charge in [0.2, 0.25) is 5.91 Å². The zero-order valence-electron chi connectivity index (χ0n) is 12.4. The van der Waals surface area contributed by atoms with Crippen molar-refractivity contribution in [2.24, 2.45) is 5.73 Å². The van der Waals surface area contributed by atoms with Crippen molar-refractivity contribution < 1.29 is 18.1 Å². The van der Waals surface area contributed by atoms with Crippen LogP contribution in [0.3, 0.4) is 0 Å². The lowest BCUT2D eigenvalue weighted by atomic mass is 10.3. The Kier molecular flexibility index (Phi) is 5.51. The number of nitro benzene ring substituents is 1. The number of primary amides is 1. The second-order valence-corrected chi connectivity index (χ2v) is 7.53. The van der Waals surface area contributed by atoms with Crippen LogP contribution in [0, 0.1) is 10.1 Å². The van der Waals surface area contributed by atoms with Gasteiger partial charge in [-0.3, -0.25) is 19.2 Å². The fraction of sp³-hybridized carbons (Fsp3) is 0.0714. The van der Waals surface area contributed by atoms with E-state index in [1.54, 1.807) is 0 Å². The molecule has 0 saturated heterocycles. The predicted octanol–water partition coefficient (Wildman–Crippen LogP) is 2.58. The highest BCUT2D eigenvalue weighted by molar-refractivity contribution is 7.93. The molecular formula is C14H11Cl2N3O5S. The largest absolute Gasteiger partial charge is 0.368 e. The molecule has 2 rings (SSSR count). The summed E-state index contributed by atoms with van der Waals surface area (Å²) in [5.41, 5.74) is 4.45. The zero-order valence-corrected chi connectivity index (χ0v) is 14.8. The van der Waals surface area contributed by atoms with Gasteiger partial charge in [-0.1, -0.05) is 35.3 Å². The molecule has 0 bridgehead atoms. The molecule has 0 unspecified atom stereocenters. The maximum Gasteiger partial charge on any atom is 0.289 e. The summed E-state index contributed by atoms with van der Waals surface area (Å²) in [6.45, 7) is -0.745. The van der Waals surface area contributed by atoms with Crippen LogP contribution in [0.5, 0.6) is 0 Å². The molecule has 0 heterocycles. The van der Waals surface area contributed by atoms with Crippen LogP contribution < -0.4 is 10.0 Å². The van der Waals surface area contributed by atoms with Crippen LogP contribution in [-0.2, 0) is 14.8 Å². The molecule has 132 valence electrons. The van der Waals surface area contributed by atoms with Gasteiger partial charge >= 0.3 is 0 Å². The molecule has 0 aliphatic heterocycles. The van der Waals surface area contributed by atoms with E-state index in [0.717, 1.165) is 12.1 Å². The summed E-state index contributed by atoms with van der Waals surface area (Å²) in [6, 6.07) is 8.63. The number of amides is 1. The van der Waals surface area contributed by atoms with Crippen LogP contribution in [0.2, 0.25) is 10.0 Å². The number of nitrogens with two attached hydrogens (primary N) is 1. The number of hydrogen-bond acceptors (Lipinski definition) is 5. The highest BCUT2D eigenvalue weighted by atomic mass is 35.5. The van der Waals surface area contributed by atoms with E-state index in [1.807, 2.05) is 0 Å². The smallest absolute Gasteiger partial charge is 0.289 e. The molecule has 0 aliphatic rings. The number of carbonyl (C=O) groups excluding carboxylic acids is 1. The van der Waals surface area contributed by atoms with Crippen molar-refractivity contribution in [3.05, 3.63) is 62.6 Å². The molecule has 0 atom stereocenters. The van der Waals surface area contributed by atoms with Crippen molar-refractivity contribution in [1.82, 2.24) is 0 Å². The molecule has 2 N–H and O–H groups in total. The number of rotatable bonds is 6. The molecular weight excluding hydrogens is 393 g/mol. The number of para-hydroxylation sites is 1. The summed E-state index contributed by atoms with van der Waals surface area (Å²) in [6.07, 6.45) is 0. The minimum atomic E-state index is -4.48. The summed E-state index contributed by atoms with van der Waals surface area (Å²) in [5, 5.41) is 11.4. The van der Waals surface area contributed by atoms with E-state index in [0.29, 0.717) is 4.31 Å². The van der Waals surface area contributed by atoms with E-state index < -0.39 is 38.0 Å². The molecule has 0 spiro atoms. The lowest BCUT2D eigenvalue weighted by Crippen LogP contribution is -2.38. The standard InChI is InChI=1S/C14H11Cl2N3O5S/c15-9-5-10(16)7-11(6-9)18(8-14(17)20)25(23,24)13-4-2-1-3-12(13)19(21)22/h1-7H,8H2,(H2,17,20). The Hall–Kier alpha value is -2.36. The molecule has 8 nitrogen and oxygen atoms in total. The van der Waals surface area contributed by atoms with Crippen LogP contribution in [0.1, 0.15) is 0 Å². The van der Waals surface area contributed by atoms with Crippen LogP contribution in [0.4, 0.5) is 11.4 Å². The van der Waals surface area contributed by atoms with Gasteiger partial charge in [-0.05, 0) is 24.3 Å². The summed E-state index contributed by atoms with van der Waals surface area (Å²) in [5.74, 6) is -0.960. The maximum atomic E-state index is 12.9. The van der Waals surface area contributed by atoms with E-state index in [4.69, 9.17) is 28.9 Å². The number of benzene rings is 2. The van der Waals surface area contributed by atoms with E-state index >= 15 is 0 Å². The molecule has 0 saturated carbocycles. The predicted molar refractivity (Wildman–Crippen MR) is 93.3 cm³/mol. The number of hydrogen-bond donors (Lipinski definition) is 1. The molecule has 2 aromatic rings. The van der Waals surface area contributed by atoms with Crippen molar-refractivity contribution in [2.45, 2.75) is 4.90 Å². The van der Waals surface area contributed by atoms with Gasteiger partial charge in [0, 0.05) is 16.1 Å². The Morgan fingerprint density at radius 1 is 1.16 bits per heavy atom. The highest BCUT2D eigenvalue weighted by Crippen LogP contribution is 2.32. The summed E-state index contributed by atoms with van der Waals surface area (Å²) >= 11 is 11.8. The van der Waals surface area contributed by atoms with E-state index in [-0.39, 0.29) is 15.7 Å². The van der Waals surface area contributed by atoms with Gasteiger partial charge in [-0.15, -0.1) is 0 Å². The van der Waals surface area contributed by atoms with Crippen molar-refractivity contribution >= 4 is 50.5 Å². The zero-order chi connectivity index (χ0) is 18.8. The second kappa shape index (κ2) is 7.26. The number of nitro groups is 1. The SMILES string of the molecule is NC(=O)CN(c1cc(Cl)cc(Cl)c1)S(=O)(=O)c1ccccc1[N+](=O)[O-]. The maximum absolute atomic E-state index is 12.9. The summed E-state index contributed by atoms with van der Waals surface area (Å²) in [4.78, 5) is 21.1. The third-order valence-electron chi connectivity index (χ3n) is 3.06. The number of nitrogens with zero attached hydrogens (tertiary/aromatic N) is 2. The van der Waals surface area contributed by atoms with E-state index in [9.17, 15) is 23.3 Å². The Bertz CT molecular complexity index is 929. The van der Waals surface area contributed by atoms with Gasteiger partial charge in [0.05, 0.1) is 10.6 Å². The Morgan fingerprint density at radius 3 is 2.24 bits per heavy atom. The van der Waals surface area contributed by atoms with Crippen LogP contribution >= 0.6 is 23.2 Å². The third-order valence-corrected chi connectivity index (χ3v) is 5.32. The molecule has 0 fully saturated rings. The van der Waals surface area contributed by atoms with E-state index in [2.05, 4.69) is 0 Å². The first kappa shape index (κ1) is 19.0. The highest BCUT2D eigenvalue weighted by Gasteiger charge is 2.32. The van der Waals surface area contributed by atoms with Crippen molar-refractivity contribution in [3.63, 3.8) is 0 Å². The Morgan fingerprint density at radius 2 is 1.72 bits per heavy atom. The number of anilines is 1. The minimum Gasteiger partial charge on any atom is -0.368 e. The molecule has 0 radical (unpaired) electrons. The van der Waals surface area contributed by atoms with Crippen molar-refractivity contribution in [2.75, 3.05) is 10.8 Å². The van der Waals surface area contributed by atoms with Gasteiger partial charge in [0.15, 0.2) is 4.90 Å². The quantitative estimate of drug-likeness (QED) is 0.586. The molecule has 0 aliphatic carbocycles. The molecule has 2 aromatic carbocycles. The summed E-state index contributed by atoms with van der Waals surface area (Å²) < 4.78 is 26.5. The average molecular weight is 404 g/mol. The molecule has 25 heavy (non-hydrogen) atoms. The lowest BCUT2D eigenvalue weighted by Gasteiger charge is -2.23. The Labute approximate surface area is 152 Å². The molecule has 11 heteroatoms. The summed E-state index contributed by atoms with van der Waals surface area (Å²) in [7, 11) is -4.48. The monoisotopic (exact) mass is 403 g/mol. The number of halogens is 2. The lowest BCUT2D eigenvalue weighted by molar-refractivity contribution is -0.387. The van der Waals surface area contributed by atoms with Gasteiger partial charge < -0.3 is 5.73 Å². The van der Waals surface area contributed by atoms with Crippen LogP contribution in [0.15, 0.2) is 47.4 Å². The fourth-order valence-electron chi connectivity index (χ4n) is 2.08. The first-order valence-corrected chi connectivity index (χ1v) is 8.83. The number of carbonyl (C=O) groups is 1. The third kappa shape index (κ3) is 4.19. The average Bonchev–Trinajstić information content (AvgIpc) is 2.51. The van der Waals surface area contributed by atoms with Crippen molar-refractivity contribution in [3.8, 4) is 0 Å². The van der Waals surface area contributed by atoms with Gasteiger partial charge in [0.1, 0.15) is 6.54 Å². The van der Waals surface area contributed by atoms with E-state index in [1.165, 1.54) is 30.3 Å². The van der Waals surface area contributed by atoms with Gasteiger partial charge in [-0.25, -0.2) is 8.42 Å². The van der Waals surface area contributed by atoms with Crippen molar-refractivity contribution in [1.29, 1.82) is 0 Å². The second-order valence-electron chi connectivity index (χ2n) is 4.83. The number of sulfonamides is 1. The first-order valence-electron chi connectivity index (χ1n) is 6.63. The van der Waals surface area contributed by atoms with Gasteiger partial charge in [0.25, 0.3) is 15.7 Å². The minimum absolute atomic E-state index is 0.0468. The molecule has 1 amide bonds. The Balaban J connectivity index is 2.69. The topological polar surface area (TPSA) is 124 Å². The first-order chi connectivity index (χ1) is 11.6.